The lowest BCUT2D eigenvalue weighted by atomic mass is 9.93. The molecule has 4 unspecified atom stereocenters. The van der Waals surface area contributed by atoms with Gasteiger partial charge in [-0.25, -0.2) is 0 Å². The predicted molar refractivity (Wildman–Crippen MR) is 64.4 cm³/mol. The van der Waals surface area contributed by atoms with E-state index in [4.69, 9.17) is 4.74 Å². The zero-order valence-corrected chi connectivity index (χ0v) is 10.6. The van der Waals surface area contributed by atoms with Gasteiger partial charge < -0.3 is 9.84 Å². The molecule has 0 bridgehead atoms. The van der Waals surface area contributed by atoms with Crippen molar-refractivity contribution in [3.8, 4) is 0 Å². The Kier molecular flexibility index (Phi) is 4.22. The Hall–Kier alpha value is -0.120. The van der Waals surface area contributed by atoms with Crippen molar-refractivity contribution in [3.63, 3.8) is 0 Å². The summed E-state index contributed by atoms with van der Waals surface area (Å²) < 4.78 is 5.34. The van der Waals surface area contributed by atoms with Gasteiger partial charge >= 0.3 is 0 Å². The van der Waals surface area contributed by atoms with Gasteiger partial charge in [0.1, 0.15) is 0 Å². The third kappa shape index (κ3) is 2.96. The molecule has 0 aromatic rings. The minimum Gasteiger partial charge on any atom is -0.391 e. The highest BCUT2D eigenvalue weighted by Gasteiger charge is 2.29. The number of β-amino-alcohol motifs (C(OH)–C–C–N with tert-alkyl or cyclic N) is 1. The average molecular weight is 227 g/mol. The molecule has 0 spiro atoms. The molecule has 2 saturated heterocycles. The van der Waals surface area contributed by atoms with Gasteiger partial charge in [0.25, 0.3) is 0 Å². The van der Waals surface area contributed by atoms with Crippen LogP contribution in [0.25, 0.3) is 0 Å². The van der Waals surface area contributed by atoms with Gasteiger partial charge in [0.15, 0.2) is 0 Å². The normalized spacial score (nSPS) is 38.8. The Morgan fingerprint density at radius 2 is 2.12 bits per heavy atom. The van der Waals surface area contributed by atoms with Crippen molar-refractivity contribution in [3.05, 3.63) is 0 Å². The Bertz CT molecular complexity index is 216. The minimum absolute atomic E-state index is 0.199. The molecule has 0 aliphatic carbocycles. The molecule has 2 aliphatic rings. The van der Waals surface area contributed by atoms with Gasteiger partial charge in [-0.3, -0.25) is 4.90 Å². The maximum Gasteiger partial charge on any atom is 0.0718 e. The van der Waals surface area contributed by atoms with E-state index < -0.39 is 0 Å². The molecule has 2 heterocycles. The van der Waals surface area contributed by atoms with Crippen LogP contribution in [-0.4, -0.2) is 48.5 Å². The minimum atomic E-state index is -0.199. The molecule has 0 amide bonds. The van der Waals surface area contributed by atoms with E-state index in [1.165, 1.54) is 12.8 Å². The van der Waals surface area contributed by atoms with E-state index >= 15 is 0 Å². The number of nitrogens with zero attached hydrogens (tertiary/aromatic N) is 1. The van der Waals surface area contributed by atoms with E-state index in [-0.39, 0.29) is 6.10 Å². The quantitative estimate of drug-likeness (QED) is 0.793. The molecule has 16 heavy (non-hydrogen) atoms. The topological polar surface area (TPSA) is 32.7 Å². The molecule has 94 valence electrons. The van der Waals surface area contributed by atoms with Crippen molar-refractivity contribution >= 4 is 0 Å². The molecule has 0 aromatic heterocycles. The third-order valence-corrected chi connectivity index (χ3v) is 4.18. The summed E-state index contributed by atoms with van der Waals surface area (Å²) in [4.78, 5) is 2.46. The Morgan fingerprint density at radius 1 is 1.31 bits per heavy atom. The van der Waals surface area contributed by atoms with E-state index in [1.807, 2.05) is 0 Å². The van der Waals surface area contributed by atoms with Crippen molar-refractivity contribution in [1.82, 2.24) is 4.90 Å². The third-order valence-electron chi connectivity index (χ3n) is 4.18. The fourth-order valence-electron chi connectivity index (χ4n) is 2.88. The predicted octanol–water partition coefficient (Wildman–Crippen LogP) is 1.50. The summed E-state index contributed by atoms with van der Waals surface area (Å²) in [5.41, 5.74) is 0. The van der Waals surface area contributed by atoms with Crippen molar-refractivity contribution in [2.75, 3.05) is 26.3 Å². The average Bonchev–Trinajstić information content (AvgIpc) is 2.76. The zero-order valence-electron chi connectivity index (χ0n) is 10.6. The first-order valence-electron chi connectivity index (χ1n) is 6.66. The van der Waals surface area contributed by atoms with Crippen LogP contribution in [-0.2, 0) is 4.74 Å². The smallest absolute Gasteiger partial charge is 0.0718 e. The van der Waals surface area contributed by atoms with Crippen molar-refractivity contribution in [2.45, 2.75) is 45.3 Å². The van der Waals surface area contributed by atoms with E-state index in [0.29, 0.717) is 12.0 Å². The summed E-state index contributed by atoms with van der Waals surface area (Å²) in [6, 6.07) is 0.633. The SMILES string of the molecule is CC1CCC(C)N(CC(O)C2CCOC2)C1. The Labute approximate surface area is 98.8 Å². The number of aliphatic hydroxyl groups excluding tert-OH is 1. The van der Waals surface area contributed by atoms with Gasteiger partial charge in [-0.2, -0.15) is 0 Å². The van der Waals surface area contributed by atoms with E-state index in [9.17, 15) is 5.11 Å². The van der Waals surface area contributed by atoms with Gasteiger partial charge in [0.05, 0.1) is 12.7 Å². The van der Waals surface area contributed by atoms with Crippen LogP contribution in [0.1, 0.15) is 33.1 Å². The molecule has 1 N–H and O–H groups in total. The van der Waals surface area contributed by atoms with Crippen molar-refractivity contribution in [1.29, 1.82) is 0 Å². The molecule has 4 atom stereocenters. The first-order chi connectivity index (χ1) is 7.66. The van der Waals surface area contributed by atoms with Crippen LogP contribution in [0.4, 0.5) is 0 Å². The monoisotopic (exact) mass is 227 g/mol. The molecule has 3 heteroatoms. The first kappa shape index (κ1) is 12.3. The van der Waals surface area contributed by atoms with Crippen molar-refractivity contribution in [2.24, 2.45) is 11.8 Å². The van der Waals surface area contributed by atoms with Gasteiger partial charge in [-0.15, -0.1) is 0 Å². The van der Waals surface area contributed by atoms with Gasteiger partial charge in [-0.05, 0) is 32.1 Å². The second-order valence-corrected chi connectivity index (χ2v) is 5.68. The lowest BCUT2D eigenvalue weighted by molar-refractivity contribution is 0.0238. The Balaban J connectivity index is 1.82. The van der Waals surface area contributed by atoms with Crippen LogP contribution in [0.2, 0.25) is 0 Å². The zero-order chi connectivity index (χ0) is 11.5. The van der Waals surface area contributed by atoms with Crippen LogP contribution in [0.5, 0.6) is 0 Å². The largest absolute Gasteiger partial charge is 0.391 e. The van der Waals surface area contributed by atoms with Gasteiger partial charge in [0, 0.05) is 31.7 Å². The number of hydrogen-bond donors (Lipinski definition) is 1. The summed E-state index contributed by atoms with van der Waals surface area (Å²) >= 11 is 0. The number of hydrogen-bond acceptors (Lipinski definition) is 3. The first-order valence-corrected chi connectivity index (χ1v) is 6.66. The van der Waals surface area contributed by atoms with Crippen LogP contribution >= 0.6 is 0 Å². The van der Waals surface area contributed by atoms with Crippen LogP contribution in [0.15, 0.2) is 0 Å². The summed E-state index contributed by atoms with van der Waals surface area (Å²) in [7, 11) is 0. The lowest BCUT2D eigenvalue weighted by Crippen LogP contribution is -2.46. The highest BCUT2D eigenvalue weighted by Crippen LogP contribution is 2.24. The molecule has 3 nitrogen and oxygen atoms in total. The number of rotatable bonds is 3. The summed E-state index contributed by atoms with van der Waals surface area (Å²) in [6.45, 7) is 8.14. The lowest BCUT2D eigenvalue weighted by Gasteiger charge is -2.38. The Morgan fingerprint density at radius 3 is 2.81 bits per heavy atom. The molecular formula is C13H25NO2. The molecule has 2 fully saturated rings. The number of likely N-dealkylation sites (tertiary alicyclic amines) is 1. The molecule has 0 aromatic carbocycles. The second kappa shape index (κ2) is 5.48. The molecule has 2 rings (SSSR count). The fourth-order valence-corrected chi connectivity index (χ4v) is 2.88. The van der Waals surface area contributed by atoms with E-state index in [2.05, 4.69) is 18.7 Å². The van der Waals surface area contributed by atoms with Crippen LogP contribution in [0, 0.1) is 11.8 Å². The summed E-state index contributed by atoms with van der Waals surface area (Å²) in [5.74, 6) is 1.15. The highest BCUT2D eigenvalue weighted by molar-refractivity contribution is 4.82. The van der Waals surface area contributed by atoms with Gasteiger partial charge in [0.2, 0.25) is 0 Å². The number of piperidine rings is 1. The standard InChI is InChI=1S/C13H25NO2/c1-10-3-4-11(2)14(7-10)8-13(15)12-5-6-16-9-12/h10-13,15H,3-9H2,1-2H3. The fraction of sp³-hybridized carbons (Fsp3) is 1.00. The molecule has 2 aliphatic heterocycles. The second-order valence-electron chi connectivity index (χ2n) is 5.68. The maximum absolute atomic E-state index is 10.2. The summed E-state index contributed by atoms with van der Waals surface area (Å²) in [6.07, 6.45) is 3.43. The van der Waals surface area contributed by atoms with E-state index in [0.717, 1.165) is 38.6 Å². The van der Waals surface area contributed by atoms with Crippen LogP contribution < -0.4 is 0 Å². The van der Waals surface area contributed by atoms with Gasteiger partial charge in [-0.1, -0.05) is 6.92 Å². The molecule has 0 saturated carbocycles. The number of ether oxygens (including phenoxy) is 1. The number of aliphatic hydroxyl groups is 1. The maximum atomic E-state index is 10.2. The highest BCUT2D eigenvalue weighted by atomic mass is 16.5. The van der Waals surface area contributed by atoms with Crippen LogP contribution in [0.3, 0.4) is 0 Å². The van der Waals surface area contributed by atoms with E-state index in [1.54, 1.807) is 0 Å². The summed E-state index contributed by atoms with van der Waals surface area (Å²) in [5, 5.41) is 10.2. The van der Waals surface area contributed by atoms with Crippen molar-refractivity contribution < 1.29 is 9.84 Å². The molecule has 0 radical (unpaired) electrons. The molecular weight excluding hydrogens is 202 g/mol.